The van der Waals surface area contributed by atoms with Gasteiger partial charge in [-0.1, -0.05) is 0 Å². The summed E-state index contributed by atoms with van der Waals surface area (Å²) >= 11 is 5.36. The Labute approximate surface area is 104 Å². The van der Waals surface area contributed by atoms with E-state index in [0.717, 1.165) is 6.54 Å². The number of hydrogen-bond acceptors (Lipinski definition) is 3. The Morgan fingerprint density at radius 2 is 2.47 bits per heavy atom. The van der Waals surface area contributed by atoms with Crippen LogP contribution in [0.1, 0.15) is 23.8 Å². The molecular weight excluding hydrogens is 272 g/mol. The maximum Gasteiger partial charge on any atom is 0.0479 e. The second kappa shape index (κ2) is 4.95. The van der Waals surface area contributed by atoms with Crippen molar-refractivity contribution in [1.29, 1.82) is 0 Å². The third-order valence-electron chi connectivity index (χ3n) is 3.19. The molecule has 0 aliphatic carbocycles. The predicted octanol–water partition coefficient (Wildman–Crippen LogP) is 2.85. The topological polar surface area (TPSA) is 29.3 Å². The molecule has 0 bridgehead atoms. The summed E-state index contributed by atoms with van der Waals surface area (Å²) in [6.07, 6.45) is 2.54. The third kappa shape index (κ3) is 2.44. The van der Waals surface area contributed by atoms with Crippen molar-refractivity contribution in [2.24, 2.45) is 11.7 Å². The number of hydrogen-bond donors (Lipinski definition) is 1. The summed E-state index contributed by atoms with van der Waals surface area (Å²) in [5.74, 6) is 0.620. The highest BCUT2D eigenvalue weighted by Crippen LogP contribution is 2.38. The van der Waals surface area contributed by atoms with Crippen LogP contribution in [-0.4, -0.2) is 25.0 Å². The number of rotatable bonds is 2. The molecule has 1 aliphatic rings. The molecule has 1 aliphatic heterocycles. The SMILES string of the molecule is CN1CCCC(CN)C1c1cc(Br)cs1. The van der Waals surface area contributed by atoms with E-state index in [1.165, 1.54) is 28.7 Å². The second-order valence-electron chi connectivity index (χ2n) is 4.23. The molecule has 0 radical (unpaired) electrons. The van der Waals surface area contributed by atoms with Gasteiger partial charge >= 0.3 is 0 Å². The lowest BCUT2D eigenvalue weighted by Crippen LogP contribution is -2.38. The van der Waals surface area contributed by atoms with Crippen molar-refractivity contribution in [3.8, 4) is 0 Å². The maximum absolute atomic E-state index is 5.87. The fraction of sp³-hybridized carbons (Fsp3) is 0.636. The van der Waals surface area contributed by atoms with E-state index in [1.54, 1.807) is 0 Å². The zero-order valence-corrected chi connectivity index (χ0v) is 11.4. The van der Waals surface area contributed by atoms with E-state index in [1.807, 2.05) is 11.3 Å². The minimum atomic E-state index is 0.528. The molecule has 0 aromatic carbocycles. The predicted molar refractivity (Wildman–Crippen MR) is 69.2 cm³/mol. The van der Waals surface area contributed by atoms with Gasteiger partial charge in [-0.3, -0.25) is 4.90 Å². The number of nitrogens with two attached hydrogens (primary N) is 1. The quantitative estimate of drug-likeness (QED) is 0.907. The first-order chi connectivity index (χ1) is 7.22. The molecule has 2 rings (SSSR count). The van der Waals surface area contributed by atoms with Crippen molar-refractivity contribution < 1.29 is 0 Å². The van der Waals surface area contributed by atoms with Crippen LogP contribution in [0.5, 0.6) is 0 Å². The Morgan fingerprint density at radius 3 is 3.07 bits per heavy atom. The first-order valence-corrected chi connectivity index (χ1v) is 7.04. The molecule has 0 saturated carbocycles. The number of piperidine rings is 1. The van der Waals surface area contributed by atoms with Crippen LogP contribution in [-0.2, 0) is 0 Å². The van der Waals surface area contributed by atoms with Gasteiger partial charge in [-0.2, -0.15) is 0 Å². The Morgan fingerprint density at radius 1 is 1.67 bits per heavy atom. The average Bonchev–Trinajstić information content (AvgIpc) is 2.64. The molecule has 0 spiro atoms. The van der Waals surface area contributed by atoms with E-state index in [4.69, 9.17) is 5.73 Å². The maximum atomic E-state index is 5.87. The molecule has 1 fully saturated rings. The van der Waals surface area contributed by atoms with Crippen LogP contribution in [0, 0.1) is 5.92 Å². The first-order valence-electron chi connectivity index (χ1n) is 5.36. The molecular formula is C11H17BrN2S. The van der Waals surface area contributed by atoms with Gasteiger partial charge in [-0.15, -0.1) is 11.3 Å². The lowest BCUT2D eigenvalue weighted by atomic mass is 9.88. The van der Waals surface area contributed by atoms with Crippen LogP contribution in [0.4, 0.5) is 0 Å². The molecule has 15 heavy (non-hydrogen) atoms. The molecule has 2 heterocycles. The van der Waals surface area contributed by atoms with E-state index >= 15 is 0 Å². The van der Waals surface area contributed by atoms with Crippen molar-refractivity contribution in [3.63, 3.8) is 0 Å². The molecule has 2 atom stereocenters. The summed E-state index contributed by atoms with van der Waals surface area (Å²) in [6, 6.07) is 2.76. The van der Waals surface area contributed by atoms with Crippen LogP contribution in [0.2, 0.25) is 0 Å². The van der Waals surface area contributed by atoms with Crippen molar-refractivity contribution in [1.82, 2.24) is 4.90 Å². The van der Waals surface area contributed by atoms with Gasteiger partial charge in [0.15, 0.2) is 0 Å². The van der Waals surface area contributed by atoms with Crippen LogP contribution in [0.3, 0.4) is 0 Å². The molecule has 2 nitrogen and oxygen atoms in total. The van der Waals surface area contributed by atoms with Crippen LogP contribution < -0.4 is 5.73 Å². The smallest absolute Gasteiger partial charge is 0.0479 e. The summed E-state index contributed by atoms with van der Waals surface area (Å²) in [6.45, 7) is 1.99. The zero-order chi connectivity index (χ0) is 10.8. The van der Waals surface area contributed by atoms with E-state index < -0.39 is 0 Å². The Kier molecular flexibility index (Phi) is 3.83. The molecule has 4 heteroatoms. The Bertz CT molecular complexity index is 326. The van der Waals surface area contributed by atoms with Gasteiger partial charge in [0.1, 0.15) is 0 Å². The highest BCUT2D eigenvalue weighted by atomic mass is 79.9. The van der Waals surface area contributed by atoms with Crippen LogP contribution in [0.25, 0.3) is 0 Å². The van der Waals surface area contributed by atoms with E-state index in [2.05, 4.69) is 39.3 Å². The van der Waals surface area contributed by atoms with E-state index in [-0.39, 0.29) is 0 Å². The summed E-state index contributed by atoms with van der Waals surface area (Å²) in [4.78, 5) is 3.89. The van der Waals surface area contributed by atoms with Crippen molar-refractivity contribution >= 4 is 27.3 Å². The monoisotopic (exact) mass is 288 g/mol. The Balaban J connectivity index is 2.22. The van der Waals surface area contributed by atoms with Gasteiger partial charge in [-0.05, 0) is 60.9 Å². The standard InChI is InChI=1S/C11H17BrN2S/c1-14-4-2-3-8(6-13)11(14)10-5-9(12)7-15-10/h5,7-8,11H,2-4,6,13H2,1H3. The van der Waals surface area contributed by atoms with Crippen LogP contribution in [0.15, 0.2) is 15.9 Å². The number of thiophene rings is 1. The molecule has 2 unspecified atom stereocenters. The summed E-state index contributed by atoms with van der Waals surface area (Å²) in [5.41, 5.74) is 5.87. The first kappa shape index (κ1) is 11.6. The third-order valence-corrected chi connectivity index (χ3v) is 4.95. The fourth-order valence-corrected chi connectivity index (χ4v) is 4.14. The molecule has 84 valence electrons. The van der Waals surface area contributed by atoms with Crippen molar-refractivity contribution in [3.05, 3.63) is 20.8 Å². The normalized spacial score (nSPS) is 28.2. The van der Waals surface area contributed by atoms with Gasteiger partial charge in [0.2, 0.25) is 0 Å². The minimum absolute atomic E-state index is 0.528. The van der Waals surface area contributed by atoms with Gasteiger partial charge < -0.3 is 5.73 Å². The molecule has 1 aromatic rings. The summed E-state index contributed by atoms with van der Waals surface area (Å²) in [7, 11) is 2.21. The number of nitrogens with zero attached hydrogens (tertiary/aromatic N) is 1. The highest BCUT2D eigenvalue weighted by molar-refractivity contribution is 9.10. The lowest BCUT2D eigenvalue weighted by molar-refractivity contribution is 0.128. The minimum Gasteiger partial charge on any atom is -0.330 e. The number of likely N-dealkylation sites (tertiary alicyclic amines) is 1. The van der Waals surface area contributed by atoms with Gasteiger partial charge in [0, 0.05) is 20.8 Å². The van der Waals surface area contributed by atoms with E-state index in [9.17, 15) is 0 Å². The molecule has 0 amide bonds. The van der Waals surface area contributed by atoms with Gasteiger partial charge in [-0.25, -0.2) is 0 Å². The summed E-state index contributed by atoms with van der Waals surface area (Å²) < 4.78 is 1.19. The van der Waals surface area contributed by atoms with Gasteiger partial charge in [0.25, 0.3) is 0 Å². The molecule has 1 aromatic heterocycles. The summed E-state index contributed by atoms with van der Waals surface area (Å²) in [5, 5.41) is 2.16. The Hall–Kier alpha value is 0.1000. The average molecular weight is 289 g/mol. The molecule has 2 N–H and O–H groups in total. The van der Waals surface area contributed by atoms with Gasteiger partial charge in [0.05, 0.1) is 0 Å². The van der Waals surface area contributed by atoms with Crippen molar-refractivity contribution in [2.75, 3.05) is 20.1 Å². The van der Waals surface area contributed by atoms with E-state index in [0.29, 0.717) is 12.0 Å². The largest absolute Gasteiger partial charge is 0.330 e. The second-order valence-corrected chi connectivity index (χ2v) is 6.09. The highest BCUT2D eigenvalue weighted by Gasteiger charge is 2.30. The lowest BCUT2D eigenvalue weighted by Gasteiger charge is -2.38. The number of halogens is 1. The zero-order valence-electron chi connectivity index (χ0n) is 8.95. The fourth-order valence-electron chi connectivity index (χ4n) is 2.44. The molecule has 1 saturated heterocycles. The van der Waals surface area contributed by atoms with Crippen LogP contribution >= 0.6 is 27.3 Å². The van der Waals surface area contributed by atoms with Crippen molar-refractivity contribution in [2.45, 2.75) is 18.9 Å².